The van der Waals surface area contributed by atoms with Crippen LogP contribution in [0.25, 0.3) is 6.08 Å². The molecule has 3 rings (SSSR count). The van der Waals surface area contributed by atoms with Crippen molar-refractivity contribution < 1.29 is 14.7 Å². The van der Waals surface area contributed by atoms with Crippen molar-refractivity contribution >= 4 is 17.9 Å². The van der Waals surface area contributed by atoms with Crippen LogP contribution in [0.3, 0.4) is 0 Å². The summed E-state index contributed by atoms with van der Waals surface area (Å²) in [5.41, 5.74) is 2.98. The van der Waals surface area contributed by atoms with E-state index < -0.39 is 0 Å². The lowest BCUT2D eigenvalue weighted by molar-refractivity contribution is -0.150. The molecule has 0 saturated carbocycles. The van der Waals surface area contributed by atoms with Crippen molar-refractivity contribution in [3.8, 4) is 0 Å². The molecule has 2 heterocycles. The van der Waals surface area contributed by atoms with Crippen LogP contribution in [-0.4, -0.2) is 52.0 Å². The normalized spacial score (nSPS) is 21.1. The summed E-state index contributed by atoms with van der Waals surface area (Å²) in [7, 11) is 0. The summed E-state index contributed by atoms with van der Waals surface area (Å²) in [6.45, 7) is 3.66. The Morgan fingerprint density at radius 2 is 1.97 bits per heavy atom. The highest BCUT2D eigenvalue weighted by molar-refractivity contribution is 5.81. The molecule has 3 atom stereocenters. The third-order valence-corrected chi connectivity index (χ3v) is 5.34. The van der Waals surface area contributed by atoms with Gasteiger partial charge in [0.1, 0.15) is 0 Å². The topological polar surface area (TPSA) is 82.5 Å². The number of nitrogens with one attached hydrogen (secondary N) is 1. The van der Waals surface area contributed by atoms with Gasteiger partial charge in [0.2, 0.25) is 11.8 Å². The predicted octanol–water partition coefficient (Wildman–Crippen LogP) is 2.15. The zero-order valence-electron chi connectivity index (χ0n) is 16.8. The first-order valence-electron chi connectivity index (χ1n) is 9.83. The maximum atomic E-state index is 13.0. The van der Waals surface area contributed by atoms with E-state index in [1.165, 1.54) is 6.92 Å². The van der Waals surface area contributed by atoms with Crippen LogP contribution in [0, 0.1) is 0 Å². The molecule has 0 radical (unpaired) electrons. The number of likely N-dealkylation sites (tertiary alicyclic amines) is 1. The van der Waals surface area contributed by atoms with Gasteiger partial charge in [0.25, 0.3) is 0 Å². The molecule has 152 valence electrons. The molecule has 1 aliphatic rings. The number of benzene rings is 1. The summed E-state index contributed by atoms with van der Waals surface area (Å²) in [5, 5.41) is 12.9. The highest BCUT2D eigenvalue weighted by Crippen LogP contribution is 2.41. The van der Waals surface area contributed by atoms with Gasteiger partial charge >= 0.3 is 0 Å². The van der Waals surface area contributed by atoms with E-state index in [1.807, 2.05) is 49.4 Å². The molecule has 1 aliphatic heterocycles. The van der Waals surface area contributed by atoms with Crippen molar-refractivity contribution in [2.24, 2.45) is 0 Å². The lowest BCUT2D eigenvalue weighted by atomic mass is 9.74. The molecule has 0 aliphatic carbocycles. The molecule has 29 heavy (non-hydrogen) atoms. The third kappa shape index (κ3) is 4.71. The summed E-state index contributed by atoms with van der Waals surface area (Å²) in [6, 6.07) is 11.3. The van der Waals surface area contributed by atoms with Gasteiger partial charge in [-0.1, -0.05) is 42.5 Å². The molecular formula is C23H27N3O3. The molecule has 0 unspecified atom stereocenters. The van der Waals surface area contributed by atoms with Gasteiger partial charge in [-0.3, -0.25) is 14.6 Å². The van der Waals surface area contributed by atoms with Crippen LogP contribution >= 0.6 is 0 Å². The van der Waals surface area contributed by atoms with Gasteiger partial charge in [0.05, 0.1) is 25.1 Å². The quantitative estimate of drug-likeness (QED) is 0.755. The molecule has 1 fully saturated rings. The smallest absolute Gasteiger partial charge is 0.227 e. The molecule has 1 saturated heterocycles. The van der Waals surface area contributed by atoms with Gasteiger partial charge in [-0.15, -0.1) is 0 Å². The second-order valence-electron chi connectivity index (χ2n) is 7.29. The lowest BCUT2D eigenvalue weighted by Crippen LogP contribution is -2.68. The van der Waals surface area contributed by atoms with Crippen molar-refractivity contribution in [3.05, 3.63) is 71.6 Å². The maximum absolute atomic E-state index is 13.0. The Hall–Kier alpha value is -2.99. The van der Waals surface area contributed by atoms with Gasteiger partial charge in [0, 0.05) is 31.8 Å². The maximum Gasteiger partial charge on any atom is 0.227 e. The van der Waals surface area contributed by atoms with Crippen LogP contribution in [0.4, 0.5) is 0 Å². The Morgan fingerprint density at radius 1 is 1.21 bits per heavy atom. The average Bonchev–Trinajstić information content (AvgIpc) is 2.69. The number of aliphatic hydroxyl groups excluding tert-OH is 1. The SMILES string of the molecule is C/C=C/c1ccc([C@H]2[C@@H](CO)N(C(=O)Cc3cccnc3)[C@@H]2CNC(C)=O)cc1. The van der Waals surface area contributed by atoms with Gasteiger partial charge in [0.15, 0.2) is 0 Å². The van der Waals surface area contributed by atoms with Crippen LogP contribution in [0.1, 0.15) is 36.5 Å². The Balaban J connectivity index is 1.83. The van der Waals surface area contributed by atoms with E-state index in [9.17, 15) is 14.7 Å². The first-order valence-corrected chi connectivity index (χ1v) is 9.83. The van der Waals surface area contributed by atoms with E-state index in [0.29, 0.717) is 6.54 Å². The van der Waals surface area contributed by atoms with Gasteiger partial charge in [-0.05, 0) is 29.7 Å². The van der Waals surface area contributed by atoms with Gasteiger partial charge in [-0.25, -0.2) is 0 Å². The van der Waals surface area contributed by atoms with Gasteiger partial charge in [-0.2, -0.15) is 0 Å². The monoisotopic (exact) mass is 393 g/mol. The number of nitrogens with zero attached hydrogens (tertiary/aromatic N) is 2. The second kappa shape index (κ2) is 9.47. The predicted molar refractivity (Wildman–Crippen MR) is 112 cm³/mol. The number of hydrogen-bond donors (Lipinski definition) is 2. The summed E-state index contributed by atoms with van der Waals surface area (Å²) in [6.07, 6.45) is 7.56. The molecule has 2 N–H and O–H groups in total. The minimum absolute atomic E-state index is 0.0376. The lowest BCUT2D eigenvalue weighted by Gasteiger charge is -2.55. The van der Waals surface area contributed by atoms with E-state index in [2.05, 4.69) is 10.3 Å². The zero-order chi connectivity index (χ0) is 20.8. The Bertz CT molecular complexity index is 865. The molecule has 1 aromatic carbocycles. The van der Waals surface area contributed by atoms with Crippen LogP contribution in [-0.2, 0) is 16.0 Å². The molecule has 6 heteroatoms. The summed E-state index contributed by atoms with van der Waals surface area (Å²) < 4.78 is 0. The average molecular weight is 393 g/mol. The van der Waals surface area contributed by atoms with Crippen molar-refractivity contribution in [2.75, 3.05) is 13.2 Å². The van der Waals surface area contributed by atoms with E-state index in [1.54, 1.807) is 23.4 Å². The minimum Gasteiger partial charge on any atom is -0.394 e. The van der Waals surface area contributed by atoms with Crippen LogP contribution in [0.5, 0.6) is 0 Å². The highest BCUT2D eigenvalue weighted by Gasteiger charge is 2.50. The fourth-order valence-electron chi connectivity index (χ4n) is 4.03. The summed E-state index contributed by atoms with van der Waals surface area (Å²) in [5.74, 6) is -0.252. The van der Waals surface area contributed by atoms with E-state index in [0.717, 1.165) is 16.7 Å². The summed E-state index contributed by atoms with van der Waals surface area (Å²) >= 11 is 0. The highest BCUT2D eigenvalue weighted by atomic mass is 16.3. The Labute approximate surface area is 171 Å². The number of amides is 2. The summed E-state index contributed by atoms with van der Waals surface area (Å²) in [4.78, 5) is 30.3. The molecule has 0 bridgehead atoms. The number of rotatable bonds is 7. The van der Waals surface area contributed by atoms with Crippen molar-refractivity contribution in [3.63, 3.8) is 0 Å². The molecule has 1 aromatic heterocycles. The molecular weight excluding hydrogens is 366 g/mol. The number of carbonyl (C=O) groups is 2. The third-order valence-electron chi connectivity index (χ3n) is 5.34. The minimum atomic E-state index is -0.314. The van der Waals surface area contributed by atoms with Crippen molar-refractivity contribution in [2.45, 2.75) is 38.3 Å². The van der Waals surface area contributed by atoms with Crippen LogP contribution < -0.4 is 5.32 Å². The van der Waals surface area contributed by atoms with Crippen molar-refractivity contribution in [1.29, 1.82) is 0 Å². The fourth-order valence-corrected chi connectivity index (χ4v) is 4.03. The zero-order valence-corrected chi connectivity index (χ0v) is 16.8. The Kier molecular flexibility index (Phi) is 6.77. The van der Waals surface area contributed by atoms with Crippen LogP contribution in [0.2, 0.25) is 0 Å². The molecule has 2 amide bonds. The molecule has 6 nitrogen and oxygen atoms in total. The van der Waals surface area contributed by atoms with E-state index >= 15 is 0 Å². The Morgan fingerprint density at radius 3 is 2.55 bits per heavy atom. The number of pyridine rings is 1. The molecule has 2 aromatic rings. The molecule has 0 spiro atoms. The standard InChI is InChI=1S/C23H27N3O3/c1-3-5-17-7-9-19(10-8-17)23-20(14-25-16(2)28)26(21(23)15-27)22(29)12-18-6-4-11-24-13-18/h3-11,13,20-21,23,27H,12,14-15H2,1-2H3,(H,25,28)/b5-3+/t20-,21-,23-/m1/s1. The van der Waals surface area contributed by atoms with Gasteiger partial charge < -0.3 is 15.3 Å². The van der Waals surface area contributed by atoms with E-state index in [4.69, 9.17) is 0 Å². The first kappa shape index (κ1) is 20.7. The number of hydrogen-bond acceptors (Lipinski definition) is 4. The van der Waals surface area contributed by atoms with Crippen LogP contribution in [0.15, 0.2) is 54.9 Å². The number of aromatic nitrogens is 1. The van der Waals surface area contributed by atoms with Crippen molar-refractivity contribution in [1.82, 2.24) is 15.2 Å². The fraction of sp³-hybridized carbons (Fsp3) is 0.348. The second-order valence-corrected chi connectivity index (χ2v) is 7.29. The van der Waals surface area contributed by atoms with E-state index in [-0.39, 0.29) is 42.8 Å². The number of aliphatic hydroxyl groups is 1. The number of carbonyl (C=O) groups excluding carboxylic acids is 2. The first-order chi connectivity index (χ1) is 14.0. The largest absolute Gasteiger partial charge is 0.394 e. The number of allylic oxidation sites excluding steroid dienone is 1.